The van der Waals surface area contributed by atoms with Gasteiger partial charge in [-0.3, -0.25) is 4.79 Å². The standard InChI is InChI=1S/C12H12ClN5OS/c1-2-7-14-11(19)8-20-12-15-16-17-18(12)10-6-4-3-5-9(10)13/h2-6H,1,7-8H2,(H,14,19). The normalized spacial score (nSPS) is 10.2. The van der Waals surface area contributed by atoms with E-state index in [2.05, 4.69) is 27.4 Å². The molecule has 0 atom stereocenters. The van der Waals surface area contributed by atoms with Gasteiger partial charge < -0.3 is 5.32 Å². The molecule has 20 heavy (non-hydrogen) atoms. The van der Waals surface area contributed by atoms with Gasteiger partial charge in [0, 0.05) is 6.54 Å². The second-order valence-electron chi connectivity index (χ2n) is 3.71. The number of carbonyl (C=O) groups is 1. The molecule has 6 nitrogen and oxygen atoms in total. The van der Waals surface area contributed by atoms with Crippen molar-refractivity contribution >= 4 is 29.3 Å². The van der Waals surface area contributed by atoms with Crippen LogP contribution in [0, 0.1) is 0 Å². The van der Waals surface area contributed by atoms with Crippen LogP contribution in [0.4, 0.5) is 0 Å². The summed E-state index contributed by atoms with van der Waals surface area (Å²) < 4.78 is 1.51. The van der Waals surface area contributed by atoms with Crippen LogP contribution in [0.5, 0.6) is 0 Å². The Kier molecular flexibility index (Phi) is 5.14. The Morgan fingerprint density at radius 3 is 3.05 bits per heavy atom. The van der Waals surface area contributed by atoms with Gasteiger partial charge in [-0.05, 0) is 22.6 Å². The molecule has 0 unspecified atom stereocenters. The Balaban J connectivity index is 2.08. The van der Waals surface area contributed by atoms with Gasteiger partial charge in [-0.15, -0.1) is 11.7 Å². The number of hydrogen-bond acceptors (Lipinski definition) is 5. The number of tetrazole rings is 1. The Hall–Kier alpha value is -1.86. The van der Waals surface area contributed by atoms with E-state index in [1.54, 1.807) is 18.2 Å². The van der Waals surface area contributed by atoms with E-state index >= 15 is 0 Å². The van der Waals surface area contributed by atoms with Crippen LogP contribution in [0.3, 0.4) is 0 Å². The lowest BCUT2D eigenvalue weighted by Crippen LogP contribution is -2.25. The molecule has 2 aromatic rings. The van der Waals surface area contributed by atoms with E-state index in [4.69, 9.17) is 11.6 Å². The largest absolute Gasteiger partial charge is 0.352 e. The second kappa shape index (κ2) is 7.06. The maximum Gasteiger partial charge on any atom is 0.230 e. The minimum Gasteiger partial charge on any atom is -0.352 e. The molecule has 2 rings (SSSR count). The number of aromatic nitrogens is 4. The van der Waals surface area contributed by atoms with Gasteiger partial charge in [0.05, 0.1) is 16.5 Å². The van der Waals surface area contributed by atoms with Crippen molar-refractivity contribution in [3.8, 4) is 5.69 Å². The lowest BCUT2D eigenvalue weighted by Gasteiger charge is -2.05. The molecule has 1 heterocycles. The topological polar surface area (TPSA) is 72.7 Å². The number of rotatable bonds is 6. The fourth-order valence-electron chi connectivity index (χ4n) is 1.41. The highest BCUT2D eigenvalue weighted by Gasteiger charge is 2.12. The third-order valence-electron chi connectivity index (χ3n) is 2.30. The maximum atomic E-state index is 11.5. The molecule has 1 N–H and O–H groups in total. The summed E-state index contributed by atoms with van der Waals surface area (Å²) in [4.78, 5) is 11.5. The van der Waals surface area contributed by atoms with Crippen molar-refractivity contribution in [1.29, 1.82) is 0 Å². The summed E-state index contributed by atoms with van der Waals surface area (Å²) >= 11 is 7.34. The van der Waals surface area contributed by atoms with Crippen molar-refractivity contribution < 1.29 is 4.79 Å². The van der Waals surface area contributed by atoms with E-state index in [9.17, 15) is 4.79 Å². The first-order valence-corrected chi connectivity index (χ1v) is 7.12. The number of nitrogens with one attached hydrogen (secondary N) is 1. The van der Waals surface area contributed by atoms with Crippen LogP contribution in [0.25, 0.3) is 5.69 Å². The summed E-state index contributed by atoms with van der Waals surface area (Å²) in [6.45, 7) is 3.97. The van der Waals surface area contributed by atoms with Crippen molar-refractivity contribution in [2.24, 2.45) is 0 Å². The van der Waals surface area contributed by atoms with Gasteiger partial charge in [-0.2, -0.15) is 4.68 Å². The fraction of sp³-hybridized carbons (Fsp3) is 0.167. The summed E-state index contributed by atoms with van der Waals surface area (Å²) in [6.07, 6.45) is 1.62. The van der Waals surface area contributed by atoms with E-state index < -0.39 is 0 Å². The van der Waals surface area contributed by atoms with Gasteiger partial charge in [0.25, 0.3) is 0 Å². The van der Waals surface area contributed by atoms with Crippen LogP contribution in [0.1, 0.15) is 0 Å². The number of nitrogens with zero attached hydrogens (tertiary/aromatic N) is 4. The highest BCUT2D eigenvalue weighted by atomic mass is 35.5. The van der Waals surface area contributed by atoms with Crippen molar-refractivity contribution in [2.45, 2.75) is 5.16 Å². The first kappa shape index (κ1) is 14.5. The third kappa shape index (κ3) is 3.58. The van der Waals surface area contributed by atoms with Crippen molar-refractivity contribution in [2.75, 3.05) is 12.3 Å². The number of amides is 1. The second-order valence-corrected chi connectivity index (χ2v) is 5.06. The van der Waals surface area contributed by atoms with Gasteiger partial charge in [-0.25, -0.2) is 0 Å². The first-order chi connectivity index (χ1) is 9.72. The molecule has 0 radical (unpaired) electrons. The predicted octanol–water partition coefficient (Wildman–Crippen LogP) is 1.71. The minimum atomic E-state index is -0.108. The Morgan fingerprint density at radius 2 is 2.30 bits per heavy atom. The summed E-state index contributed by atoms with van der Waals surface area (Å²) in [5, 5.41) is 15.1. The monoisotopic (exact) mass is 309 g/mol. The molecule has 104 valence electrons. The molecule has 1 aromatic heterocycles. The van der Waals surface area contributed by atoms with Crippen molar-refractivity contribution in [1.82, 2.24) is 25.5 Å². The smallest absolute Gasteiger partial charge is 0.230 e. The molecule has 0 bridgehead atoms. The first-order valence-electron chi connectivity index (χ1n) is 5.76. The molecular formula is C12H12ClN5OS. The third-order valence-corrected chi connectivity index (χ3v) is 3.54. The highest BCUT2D eigenvalue weighted by molar-refractivity contribution is 7.99. The molecule has 0 saturated carbocycles. The van der Waals surface area contributed by atoms with Gasteiger partial charge in [-0.1, -0.05) is 41.6 Å². The SMILES string of the molecule is C=CCNC(=O)CSc1nnnn1-c1ccccc1Cl. The Morgan fingerprint density at radius 1 is 1.50 bits per heavy atom. The van der Waals surface area contributed by atoms with Crippen LogP contribution in [0.2, 0.25) is 5.02 Å². The highest BCUT2D eigenvalue weighted by Crippen LogP contribution is 2.23. The Labute approximate surface area is 125 Å². The van der Waals surface area contributed by atoms with Gasteiger partial charge in [0.2, 0.25) is 11.1 Å². The average Bonchev–Trinajstić information content (AvgIpc) is 2.91. The number of benzene rings is 1. The molecule has 0 aliphatic rings. The van der Waals surface area contributed by atoms with Crippen LogP contribution in [-0.4, -0.2) is 38.4 Å². The van der Waals surface area contributed by atoms with E-state index in [1.165, 1.54) is 16.4 Å². The molecule has 0 aliphatic carbocycles. The van der Waals surface area contributed by atoms with E-state index in [-0.39, 0.29) is 11.7 Å². The van der Waals surface area contributed by atoms with Gasteiger partial charge in [0.15, 0.2) is 0 Å². The molecule has 1 aromatic carbocycles. The zero-order chi connectivity index (χ0) is 14.4. The zero-order valence-corrected chi connectivity index (χ0v) is 12.1. The summed E-state index contributed by atoms with van der Waals surface area (Å²) in [6, 6.07) is 7.23. The lowest BCUT2D eigenvalue weighted by atomic mass is 10.3. The molecule has 0 aliphatic heterocycles. The number of halogens is 1. The summed E-state index contributed by atoms with van der Waals surface area (Å²) in [5.74, 6) is 0.113. The number of thioether (sulfide) groups is 1. The molecule has 1 amide bonds. The van der Waals surface area contributed by atoms with E-state index in [1.807, 2.05) is 12.1 Å². The summed E-state index contributed by atoms with van der Waals surface area (Å²) in [5.41, 5.74) is 0.674. The molecule has 0 saturated heterocycles. The van der Waals surface area contributed by atoms with Crippen LogP contribution in [-0.2, 0) is 4.79 Å². The van der Waals surface area contributed by atoms with Crippen LogP contribution >= 0.6 is 23.4 Å². The van der Waals surface area contributed by atoms with E-state index in [0.717, 1.165) is 0 Å². The van der Waals surface area contributed by atoms with Crippen LogP contribution < -0.4 is 5.32 Å². The molecule has 8 heteroatoms. The molecule has 0 spiro atoms. The Bertz CT molecular complexity index is 615. The maximum absolute atomic E-state index is 11.5. The average molecular weight is 310 g/mol. The number of carbonyl (C=O) groups excluding carboxylic acids is 1. The summed E-state index contributed by atoms with van der Waals surface area (Å²) in [7, 11) is 0. The predicted molar refractivity (Wildman–Crippen MR) is 78.1 cm³/mol. The van der Waals surface area contributed by atoms with Crippen LogP contribution in [0.15, 0.2) is 42.1 Å². The van der Waals surface area contributed by atoms with Gasteiger partial charge in [0.1, 0.15) is 0 Å². The van der Waals surface area contributed by atoms with Gasteiger partial charge >= 0.3 is 0 Å². The number of para-hydroxylation sites is 1. The molecular weight excluding hydrogens is 298 g/mol. The number of hydrogen-bond donors (Lipinski definition) is 1. The van der Waals surface area contributed by atoms with Crippen molar-refractivity contribution in [3.05, 3.63) is 41.9 Å². The fourth-order valence-corrected chi connectivity index (χ4v) is 2.34. The zero-order valence-electron chi connectivity index (χ0n) is 10.5. The van der Waals surface area contributed by atoms with Crippen molar-refractivity contribution in [3.63, 3.8) is 0 Å². The van der Waals surface area contributed by atoms with E-state index in [0.29, 0.717) is 22.4 Å². The minimum absolute atomic E-state index is 0.108. The quantitative estimate of drug-likeness (QED) is 0.649. The molecule has 0 fully saturated rings. The lowest BCUT2D eigenvalue weighted by molar-refractivity contribution is -0.118.